The average molecular weight is 354 g/mol. The fraction of sp³-hybridized carbons (Fsp3) is 0.429. The first-order valence-corrected chi connectivity index (χ1v) is 6.96. The minimum atomic E-state index is -4.96. The van der Waals surface area contributed by atoms with E-state index in [2.05, 4.69) is 0 Å². The lowest BCUT2D eigenvalue weighted by Crippen LogP contribution is -2.47. The molecule has 1 unspecified atom stereocenters. The predicted octanol–water partition coefficient (Wildman–Crippen LogP) is 2.89. The molecule has 126 valence electrons. The number of alkyl halides is 3. The Labute approximate surface area is 133 Å². The van der Waals surface area contributed by atoms with Crippen LogP contribution in [0.4, 0.5) is 17.6 Å². The smallest absolute Gasteiger partial charge is 0.406 e. The highest BCUT2D eigenvalue weighted by atomic mass is 35.5. The summed E-state index contributed by atoms with van der Waals surface area (Å²) in [6.07, 6.45) is -5.98. The lowest BCUT2D eigenvalue weighted by molar-refractivity contribution is -0.227. The predicted molar refractivity (Wildman–Crippen MR) is 72.4 cm³/mol. The van der Waals surface area contributed by atoms with Gasteiger partial charge in [0, 0.05) is 18.1 Å². The zero-order valence-corrected chi connectivity index (χ0v) is 12.4. The third-order valence-electron chi connectivity index (χ3n) is 3.93. The van der Waals surface area contributed by atoms with Crippen molar-refractivity contribution in [2.24, 2.45) is 5.41 Å². The van der Waals surface area contributed by atoms with Gasteiger partial charge < -0.3 is 10.0 Å². The van der Waals surface area contributed by atoms with Gasteiger partial charge >= 0.3 is 12.1 Å². The summed E-state index contributed by atoms with van der Waals surface area (Å²) in [4.78, 5) is 24.0. The summed E-state index contributed by atoms with van der Waals surface area (Å²) in [5.41, 5.74) is -2.69. The Bertz CT molecular complexity index is 649. The molecule has 1 N–H and O–H groups in total. The number of aliphatic carboxylic acids is 1. The highest BCUT2D eigenvalue weighted by molar-refractivity contribution is 6.31. The van der Waals surface area contributed by atoms with E-state index in [9.17, 15) is 27.2 Å². The number of nitrogens with zero attached hydrogens (tertiary/aromatic N) is 1. The van der Waals surface area contributed by atoms with Crippen molar-refractivity contribution >= 4 is 23.5 Å². The van der Waals surface area contributed by atoms with Crippen molar-refractivity contribution in [1.82, 2.24) is 4.90 Å². The van der Waals surface area contributed by atoms with Crippen molar-refractivity contribution in [2.75, 3.05) is 13.1 Å². The molecule has 1 aliphatic rings. The van der Waals surface area contributed by atoms with E-state index in [0.29, 0.717) is 0 Å². The second-order valence-electron chi connectivity index (χ2n) is 5.36. The largest absolute Gasteiger partial charge is 0.481 e. The SMILES string of the molecule is O=C(Cc1ccc(F)cc1Cl)N1CCC(C(=O)O)(C(F)(F)F)C1. The van der Waals surface area contributed by atoms with Gasteiger partial charge in [-0.2, -0.15) is 13.2 Å². The van der Waals surface area contributed by atoms with Crippen LogP contribution >= 0.6 is 11.6 Å². The molecule has 1 amide bonds. The number of hydrogen-bond donors (Lipinski definition) is 1. The number of likely N-dealkylation sites (tertiary alicyclic amines) is 1. The fourth-order valence-corrected chi connectivity index (χ4v) is 2.72. The van der Waals surface area contributed by atoms with E-state index in [-0.39, 0.29) is 23.6 Å². The van der Waals surface area contributed by atoms with E-state index in [4.69, 9.17) is 16.7 Å². The number of carbonyl (C=O) groups is 2. The van der Waals surface area contributed by atoms with Gasteiger partial charge in [-0.25, -0.2) is 4.39 Å². The van der Waals surface area contributed by atoms with Crippen LogP contribution in [0, 0.1) is 11.2 Å². The molecule has 1 aliphatic heterocycles. The van der Waals surface area contributed by atoms with Crippen LogP contribution in [0.5, 0.6) is 0 Å². The maximum absolute atomic E-state index is 13.1. The number of carboxylic acid groups (broad SMARTS) is 1. The topological polar surface area (TPSA) is 57.6 Å². The molecule has 4 nitrogen and oxygen atoms in total. The van der Waals surface area contributed by atoms with Gasteiger partial charge in [0.05, 0.1) is 6.42 Å². The van der Waals surface area contributed by atoms with Crippen molar-refractivity contribution in [1.29, 1.82) is 0 Å². The van der Waals surface area contributed by atoms with Gasteiger partial charge in [-0.15, -0.1) is 0 Å². The first-order chi connectivity index (χ1) is 10.6. The summed E-state index contributed by atoms with van der Waals surface area (Å²) in [6.45, 7) is -1.26. The van der Waals surface area contributed by atoms with Crippen LogP contribution in [-0.2, 0) is 16.0 Å². The summed E-state index contributed by atoms with van der Waals surface area (Å²) < 4.78 is 52.1. The Morgan fingerprint density at radius 3 is 2.48 bits per heavy atom. The molecule has 0 aliphatic carbocycles. The summed E-state index contributed by atoms with van der Waals surface area (Å²) in [7, 11) is 0. The molecule has 1 saturated heterocycles. The molecule has 1 aromatic rings. The number of rotatable bonds is 3. The lowest BCUT2D eigenvalue weighted by atomic mass is 9.86. The molecular formula is C14H12ClF4NO3. The number of benzene rings is 1. The standard InChI is InChI=1S/C14H12ClF4NO3/c15-10-6-9(16)2-1-8(10)5-11(21)20-4-3-13(7-20,12(22)23)14(17,18)19/h1-2,6H,3-5,7H2,(H,22,23). The molecule has 0 saturated carbocycles. The second kappa shape index (κ2) is 5.99. The maximum atomic E-state index is 13.1. The van der Waals surface area contributed by atoms with E-state index in [1.54, 1.807) is 0 Å². The maximum Gasteiger partial charge on any atom is 0.406 e. The molecule has 0 radical (unpaired) electrons. The van der Waals surface area contributed by atoms with Crippen LogP contribution in [0.25, 0.3) is 0 Å². The van der Waals surface area contributed by atoms with Gasteiger partial charge in [0.1, 0.15) is 5.82 Å². The summed E-state index contributed by atoms with van der Waals surface area (Å²) in [5, 5.41) is 8.93. The summed E-state index contributed by atoms with van der Waals surface area (Å²) in [6, 6.07) is 3.33. The Kier molecular flexibility index (Phi) is 4.57. The molecule has 1 heterocycles. The van der Waals surface area contributed by atoms with E-state index in [1.807, 2.05) is 0 Å². The number of carboxylic acids is 1. The molecule has 1 atom stereocenters. The quantitative estimate of drug-likeness (QED) is 0.850. The van der Waals surface area contributed by atoms with Crippen molar-refractivity contribution in [2.45, 2.75) is 19.0 Å². The third kappa shape index (κ3) is 3.26. The zero-order chi connectivity index (χ0) is 17.4. The van der Waals surface area contributed by atoms with Crippen molar-refractivity contribution in [3.63, 3.8) is 0 Å². The number of halogens is 5. The van der Waals surface area contributed by atoms with Gasteiger partial charge in [-0.05, 0) is 24.1 Å². The van der Waals surface area contributed by atoms with Crippen LogP contribution in [0.15, 0.2) is 18.2 Å². The molecule has 0 aromatic heterocycles. The zero-order valence-electron chi connectivity index (χ0n) is 11.7. The van der Waals surface area contributed by atoms with E-state index in [0.717, 1.165) is 17.0 Å². The Morgan fingerprint density at radius 2 is 2.00 bits per heavy atom. The number of hydrogen-bond acceptors (Lipinski definition) is 2. The van der Waals surface area contributed by atoms with Gasteiger partial charge in [0.15, 0.2) is 5.41 Å². The minimum Gasteiger partial charge on any atom is -0.481 e. The van der Waals surface area contributed by atoms with Crippen LogP contribution < -0.4 is 0 Å². The molecular weight excluding hydrogens is 342 g/mol. The first kappa shape index (κ1) is 17.5. The molecule has 1 fully saturated rings. The molecule has 2 rings (SSSR count). The molecule has 9 heteroatoms. The highest BCUT2D eigenvalue weighted by Gasteiger charge is 2.64. The van der Waals surface area contributed by atoms with Gasteiger partial charge in [0.2, 0.25) is 5.91 Å². The van der Waals surface area contributed by atoms with Crippen molar-refractivity contribution in [3.8, 4) is 0 Å². The second-order valence-corrected chi connectivity index (χ2v) is 5.77. The van der Waals surface area contributed by atoms with Gasteiger partial charge in [0.25, 0.3) is 0 Å². The normalized spacial score (nSPS) is 21.5. The fourth-order valence-electron chi connectivity index (χ4n) is 2.49. The van der Waals surface area contributed by atoms with Crippen LogP contribution in [0.1, 0.15) is 12.0 Å². The Morgan fingerprint density at radius 1 is 1.35 bits per heavy atom. The number of carbonyl (C=O) groups excluding carboxylic acids is 1. The van der Waals surface area contributed by atoms with E-state index in [1.165, 1.54) is 6.07 Å². The Hall–Kier alpha value is -1.83. The monoisotopic (exact) mass is 353 g/mol. The molecule has 0 bridgehead atoms. The average Bonchev–Trinajstić information content (AvgIpc) is 2.88. The van der Waals surface area contributed by atoms with Crippen LogP contribution in [0.3, 0.4) is 0 Å². The highest BCUT2D eigenvalue weighted by Crippen LogP contribution is 2.45. The van der Waals surface area contributed by atoms with Gasteiger partial charge in [-0.1, -0.05) is 17.7 Å². The third-order valence-corrected chi connectivity index (χ3v) is 4.28. The summed E-state index contributed by atoms with van der Waals surface area (Å²) in [5.74, 6) is -3.29. The lowest BCUT2D eigenvalue weighted by Gasteiger charge is -2.27. The van der Waals surface area contributed by atoms with Crippen molar-refractivity contribution < 1.29 is 32.3 Å². The van der Waals surface area contributed by atoms with Crippen molar-refractivity contribution in [3.05, 3.63) is 34.6 Å². The Balaban J connectivity index is 2.15. The molecule has 0 spiro atoms. The van der Waals surface area contributed by atoms with Crippen LogP contribution in [0.2, 0.25) is 5.02 Å². The first-order valence-electron chi connectivity index (χ1n) is 6.59. The van der Waals surface area contributed by atoms with E-state index >= 15 is 0 Å². The minimum absolute atomic E-state index is 0.0159. The number of amides is 1. The van der Waals surface area contributed by atoms with E-state index < -0.39 is 42.3 Å². The molecule has 23 heavy (non-hydrogen) atoms. The summed E-state index contributed by atoms with van der Waals surface area (Å²) >= 11 is 5.77. The molecule has 1 aromatic carbocycles. The van der Waals surface area contributed by atoms with Crippen LogP contribution in [-0.4, -0.2) is 41.1 Å². The van der Waals surface area contributed by atoms with Gasteiger partial charge in [-0.3, -0.25) is 9.59 Å².